The van der Waals surface area contributed by atoms with Crippen molar-refractivity contribution < 1.29 is 28.6 Å². The Morgan fingerprint density at radius 1 is 1.04 bits per heavy atom. The zero-order chi connectivity index (χ0) is 17.0. The van der Waals surface area contributed by atoms with Gasteiger partial charge in [-0.25, -0.2) is 9.59 Å². The summed E-state index contributed by atoms with van der Waals surface area (Å²) in [7, 11) is 3.76. The lowest BCUT2D eigenvalue weighted by Gasteiger charge is -2.39. The number of fused-ring (bicyclic) bond motifs is 1. The first-order valence-electron chi connectivity index (χ1n) is 6.44. The zero-order valence-corrected chi connectivity index (χ0v) is 12.7. The van der Waals surface area contributed by atoms with Crippen LogP contribution in [0.15, 0.2) is 18.2 Å². The van der Waals surface area contributed by atoms with Crippen LogP contribution in [0.5, 0.6) is 5.75 Å². The molecule has 0 saturated heterocycles. The highest BCUT2D eigenvalue weighted by Gasteiger charge is 2.41. The Kier molecular flexibility index (Phi) is 4.44. The maximum absolute atomic E-state index is 12.3. The van der Waals surface area contributed by atoms with E-state index in [-0.39, 0.29) is 5.56 Å². The van der Waals surface area contributed by atoms with E-state index in [1.54, 1.807) is 12.1 Å². The highest BCUT2D eigenvalue weighted by molar-refractivity contribution is 6.03. The van der Waals surface area contributed by atoms with Gasteiger partial charge in [0.2, 0.25) is 0 Å². The maximum atomic E-state index is 12.3. The molecule has 4 N–H and O–H groups in total. The molecule has 1 aliphatic rings. The maximum Gasteiger partial charge on any atom is 0.411 e. The average molecular weight is 324 g/mol. The molecular formula is C13H16N4O6. The fourth-order valence-electron chi connectivity index (χ4n) is 1.98. The minimum atomic E-state index is -1.81. The van der Waals surface area contributed by atoms with Gasteiger partial charge >= 0.3 is 12.2 Å². The van der Waals surface area contributed by atoms with Crippen molar-refractivity contribution in [1.82, 2.24) is 16.0 Å². The number of ether oxygens (including phenoxy) is 3. The first kappa shape index (κ1) is 16.2. The third-order valence-corrected chi connectivity index (χ3v) is 3.04. The van der Waals surface area contributed by atoms with Crippen LogP contribution in [0.1, 0.15) is 10.4 Å². The topological polar surface area (TPSA) is 127 Å². The first-order chi connectivity index (χ1) is 10.9. The quantitative estimate of drug-likeness (QED) is 0.584. The number of nitrogens with one attached hydrogen (secondary N) is 4. The molecule has 0 saturated carbocycles. The molecule has 1 aliphatic heterocycles. The van der Waals surface area contributed by atoms with Crippen molar-refractivity contribution in [1.29, 1.82) is 0 Å². The number of hydrogen-bond acceptors (Lipinski definition) is 7. The molecule has 3 amide bonds. The number of carbonyl (C=O) groups is 3. The minimum absolute atomic E-state index is 0.276. The van der Waals surface area contributed by atoms with E-state index >= 15 is 0 Å². The Balaban J connectivity index is 2.38. The van der Waals surface area contributed by atoms with Crippen molar-refractivity contribution >= 4 is 23.8 Å². The van der Waals surface area contributed by atoms with Crippen molar-refractivity contribution in [2.45, 2.75) is 5.91 Å². The largest absolute Gasteiger partial charge is 0.497 e. The highest BCUT2D eigenvalue weighted by atomic mass is 16.5. The number of hydrogen-bond donors (Lipinski definition) is 4. The number of rotatable bonds is 3. The normalized spacial score (nSPS) is 14.5. The number of amides is 3. The third kappa shape index (κ3) is 3.36. The Labute approximate surface area is 131 Å². The van der Waals surface area contributed by atoms with Gasteiger partial charge in [-0.3, -0.25) is 20.7 Å². The van der Waals surface area contributed by atoms with E-state index in [2.05, 4.69) is 30.7 Å². The molecule has 0 spiro atoms. The summed E-state index contributed by atoms with van der Waals surface area (Å²) in [6.07, 6.45) is -1.77. The summed E-state index contributed by atoms with van der Waals surface area (Å²) in [6, 6.07) is 4.70. The van der Waals surface area contributed by atoms with E-state index in [0.29, 0.717) is 11.4 Å². The molecule has 124 valence electrons. The second kappa shape index (κ2) is 6.30. The summed E-state index contributed by atoms with van der Waals surface area (Å²) in [4.78, 5) is 35.4. The molecular weight excluding hydrogens is 308 g/mol. The van der Waals surface area contributed by atoms with E-state index in [1.165, 1.54) is 13.2 Å². The molecule has 0 unspecified atom stereocenters. The summed E-state index contributed by atoms with van der Waals surface area (Å²) >= 11 is 0. The highest BCUT2D eigenvalue weighted by Crippen LogP contribution is 2.26. The van der Waals surface area contributed by atoms with E-state index < -0.39 is 24.0 Å². The average Bonchev–Trinajstić information content (AvgIpc) is 2.54. The molecule has 0 atom stereocenters. The van der Waals surface area contributed by atoms with Crippen LogP contribution in [0.3, 0.4) is 0 Å². The van der Waals surface area contributed by atoms with Crippen LogP contribution in [-0.4, -0.2) is 45.3 Å². The molecule has 0 aromatic heterocycles. The van der Waals surface area contributed by atoms with Crippen molar-refractivity contribution in [2.75, 3.05) is 26.6 Å². The molecule has 1 heterocycles. The van der Waals surface area contributed by atoms with Crippen LogP contribution in [0, 0.1) is 0 Å². The summed E-state index contributed by atoms with van der Waals surface area (Å²) in [5, 5.41) is 9.85. The van der Waals surface area contributed by atoms with Crippen LogP contribution < -0.4 is 26.0 Å². The van der Waals surface area contributed by atoms with Crippen LogP contribution in [0.4, 0.5) is 15.3 Å². The van der Waals surface area contributed by atoms with Gasteiger partial charge in [0.1, 0.15) is 5.75 Å². The van der Waals surface area contributed by atoms with Crippen molar-refractivity contribution in [3.63, 3.8) is 0 Å². The minimum Gasteiger partial charge on any atom is -0.497 e. The molecule has 2 rings (SSSR count). The predicted octanol–water partition coefficient (Wildman–Crippen LogP) is 0.174. The van der Waals surface area contributed by atoms with Crippen LogP contribution in [0.25, 0.3) is 0 Å². The van der Waals surface area contributed by atoms with Gasteiger partial charge in [-0.1, -0.05) is 0 Å². The summed E-state index contributed by atoms with van der Waals surface area (Å²) in [5.41, 5.74) is 0.640. The molecule has 1 aromatic rings. The molecule has 0 aliphatic carbocycles. The summed E-state index contributed by atoms with van der Waals surface area (Å²) < 4.78 is 14.1. The lowest BCUT2D eigenvalue weighted by Crippen LogP contribution is -2.76. The SMILES string of the molecule is COC(=O)NC1(NC(=O)OC)NC(=O)c2cc(OC)ccc2N1. The number of carbonyl (C=O) groups excluding carboxylic acids is 3. The van der Waals surface area contributed by atoms with Gasteiger partial charge in [0, 0.05) is 0 Å². The van der Waals surface area contributed by atoms with E-state index in [1.807, 2.05) is 0 Å². The molecule has 0 bridgehead atoms. The summed E-state index contributed by atoms with van der Waals surface area (Å²) in [6.45, 7) is 0. The predicted molar refractivity (Wildman–Crippen MR) is 77.9 cm³/mol. The van der Waals surface area contributed by atoms with Gasteiger partial charge in [0.25, 0.3) is 11.8 Å². The Hall–Kier alpha value is -3.17. The molecule has 10 heteroatoms. The van der Waals surface area contributed by atoms with Gasteiger partial charge in [-0.15, -0.1) is 0 Å². The van der Waals surface area contributed by atoms with Gasteiger partial charge in [0.05, 0.1) is 32.6 Å². The van der Waals surface area contributed by atoms with Crippen LogP contribution in [0.2, 0.25) is 0 Å². The zero-order valence-electron chi connectivity index (χ0n) is 12.7. The van der Waals surface area contributed by atoms with E-state index in [4.69, 9.17) is 4.74 Å². The van der Waals surface area contributed by atoms with E-state index in [0.717, 1.165) is 14.2 Å². The fourth-order valence-corrected chi connectivity index (χ4v) is 1.98. The Bertz CT molecular complexity index is 629. The molecule has 0 fully saturated rings. The van der Waals surface area contributed by atoms with Crippen molar-refractivity contribution in [3.05, 3.63) is 23.8 Å². The molecule has 0 radical (unpaired) electrons. The monoisotopic (exact) mass is 324 g/mol. The van der Waals surface area contributed by atoms with Gasteiger partial charge < -0.3 is 19.5 Å². The fraction of sp³-hybridized carbons (Fsp3) is 0.308. The third-order valence-electron chi connectivity index (χ3n) is 3.04. The molecule has 23 heavy (non-hydrogen) atoms. The van der Waals surface area contributed by atoms with Crippen LogP contribution in [-0.2, 0) is 9.47 Å². The Morgan fingerprint density at radius 2 is 1.65 bits per heavy atom. The number of alkyl carbamates (subject to hydrolysis) is 2. The first-order valence-corrected chi connectivity index (χ1v) is 6.44. The number of benzene rings is 1. The van der Waals surface area contributed by atoms with Crippen molar-refractivity contribution in [2.24, 2.45) is 0 Å². The molecule has 10 nitrogen and oxygen atoms in total. The standard InChI is InChI=1S/C13H16N4O6/c1-21-7-4-5-9-8(6-7)10(18)15-13(14-9,16-11(19)22-2)17-12(20)23-3/h4-6,14H,1-3H3,(H,15,18)(H,16,19)(H,17,20). The number of anilines is 1. The lowest BCUT2D eigenvalue weighted by molar-refractivity contribution is 0.0828. The molecule has 1 aromatic carbocycles. The number of methoxy groups -OCH3 is 3. The van der Waals surface area contributed by atoms with Gasteiger partial charge in [0.15, 0.2) is 0 Å². The van der Waals surface area contributed by atoms with E-state index in [9.17, 15) is 14.4 Å². The second-order valence-corrected chi connectivity index (χ2v) is 4.47. The van der Waals surface area contributed by atoms with Gasteiger partial charge in [-0.05, 0) is 18.2 Å². The Morgan fingerprint density at radius 3 is 2.17 bits per heavy atom. The lowest BCUT2D eigenvalue weighted by atomic mass is 10.1. The van der Waals surface area contributed by atoms with Crippen molar-refractivity contribution in [3.8, 4) is 5.75 Å². The van der Waals surface area contributed by atoms with Crippen LogP contribution >= 0.6 is 0 Å². The van der Waals surface area contributed by atoms with Gasteiger partial charge in [-0.2, -0.15) is 0 Å². The second-order valence-electron chi connectivity index (χ2n) is 4.47. The smallest absolute Gasteiger partial charge is 0.411 e. The summed E-state index contributed by atoms with van der Waals surface area (Å²) in [5.74, 6) is -1.88.